The quantitative estimate of drug-likeness (QED) is 0.187. The molecule has 2 aromatic rings. The van der Waals surface area contributed by atoms with Gasteiger partial charge in [-0.15, -0.1) is 0 Å². The Hall–Kier alpha value is -3.08. The van der Waals surface area contributed by atoms with Gasteiger partial charge in [0.15, 0.2) is 0 Å². The van der Waals surface area contributed by atoms with Gasteiger partial charge in [-0.25, -0.2) is 22.4 Å². The SMILES string of the molecule is CCCC(CCC)C(Oc1cc(F)c(C(=O)Oc2cc(F)c(C#N)c(F)c2)c(F)c1)C1CCCCC1. The van der Waals surface area contributed by atoms with Crippen LogP contribution in [0.5, 0.6) is 11.5 Å². The first-order chi connectivity index (χ1) is 17.3. The summed E-state index contributed by atoms with van der Waals surface area (Å²) in [5.41, 5.74) is -1.86. The normalized spacial score (nSPS) is 14.9. The molecule has 0 amide bonds. The molecule has 36 heavy (non-hydrogen) atoms. The smallest absolute Gasteiger partial charge is 0.349 e. The standard InChI is InChI=1S/C28H31F4NO3/c1-3-8-17(9-4-2)27(18-10-6-5-7-11-18)35-19-14-24(31)26(25(32)15-19)28(34)36-20-12-22(29)21(16-33)23(30)13-20/h12-15,17-18,27H,3-11H2,1-2H3. The summed E-state index contributed by atoms with van der Waals surface area (Å²) in [6.45, 7) is 4.21. The highest BCUT2D eigenvalue weighted by molar-refractivity contribution is 5.91. The highest BCUT2D eigenvalue weighted by Crippen LogP contribution is 2.36. The third-order valence-corrected chi connectivity index (χ3v) is 6.73. The van der Waals surface area contributed by atoms with Gasteiger partial charge in [0.25, 0.3) is 0 Å². The van der Waals surface area contributed by atoms with E-state index in [0.29, 0.717) is 18.1 Å². The molecule has 194 valence electrons. The highest BCUT2D eigenvalue weighted by Gasteiger charge is 2.32. The first-order valence-corrected chi connectivity index (χ1v) is 12.6. The Morgan fingerprint density at radius 3 is 1.94 bits per heavy atom. The predicted octanol–water partition coefficient (Wildman–Crippen LogP) is 7.88. The molecule has 0 heterocycles. The van der Waals surface area contributed by atoms with Crippen molar-refractivity contribution in [3.63, 3.8) is 0 Å². The molecule has 1 unspecified atom stereocenters. The van der Waals surface area contributed by atoms with Crippen LogP contribution < -0.4 is 9.47 Å². The summed E-state index contributed by atoms with van der Waals surface area (Å²) < 4.78 is 68.5. The van der Waals surface area contributed by atoms with Crippen LogP contribution in [0.3, 0.4) is 0 Å². The summed E-state index contributed by atoms with van der Waals surface area (Å²) in [5, 5.41) is 8.74. The third-order valence-electron chi connectivity index (χ3n) is 6.73. The van der Waals surface area contributed by atoms with E-state index >= 15 is 0 Å². The number of nitrogens with zero attached hydrogens (tertiary/aromatic N) is 1. The average molecular weight is 506 g/mol. The van der Waals surface area contributed by atoms with Gasteiger partial charge in [-0.05, 0) is 37.5 Å². The molecule has 1 saturated carbocycles. The number of rotatable bonds is 10. The molecule has 0 radical (unpaired) electrons. The topological polar surface area (TPSA) is 59.3 Å². The molecule has 0 N–H and O–H groups in total. The zero-order valence-electron chi connectivity index (χ0n) is 20.6. The maximum atomic E-state index is 14.9. The van der Waals surface area contributed by atoms with Crippen LogP contribution in [0, 0.1) is 46.4 Å². The van der Waals surface area contributed by atoms with Gasteiger partial charge in [0.1, 0.15) is 58.1 Å². The largest absolute Gasteiger partial charge is 0.490 e. The first-order valence-electron chi connectivity index (χ1n) is 12.6. The maximum Gasteiger partial charge on any atom is 0.349 e. The van der Waals surface area contributed by atoms with E-state index < -0.39 is 46.1 Å². The molecule has 1 aliphatic rings. The van der Waals surface area contributed by atoms with Crippen LogP contribution in [0.2, 0.25) is 0 Å². The van der Waals surface area contributed by atoms with Crippen LogP contribution in [0.15, 0.2) is 24.3 Å². The number of carbonyl (C=O) groups excluding carboxylic acids is 1. The minimum Gasteiger partial charge on any atom is -0.490 e. The predicted molar refractivity (Wildman–Crippen MR) is 127 cm³/mol. The van der Waals surface area contributed by atoms with Gasteiger partial charge in [-0.3, -0.25) is 0 Å². The second-order valence-electron chi connectivity index (χ2n) is 9.34. The summed E-state index contributed by atoms with van der Waals surface area (Å²) in [4.78, 5) is 12.4. The number of nitriles is 1. The van der Waals surface area contributed by atoms with Gasteiger partial charge < -0.3 is 9.47 Å². The lowest BCUT2D eigenvalue weighted by molar-refractivity contribution is 0.0462. The lowest BCUT2D eigenvalue weighted by Crippen LogP contribution is -2.36. The van der Waals surface area contributed by atoms with E-state index in [4.69, 9.17) is 14.7 Å². The van der Waals surface area contributed by atoms with Gasteiger partial charge in [0.05, 0.1) is 0 Å². The molecule has 1 aliphatic carbocycles. The summed E-state index contributed by atoms with van der Waals surface area (Å²) in [6.07, 6.45) is 9.02. The van der Waals surface area contributed by atoms with Crippen LogP contribution in [-0.4, -0.2) is 12.1 Å². The van der Waals surface area contributed by atoms with Crippen molar-refractivity contribution in [3.8, 4) is 17.6 Å². The minimum absolute atomic E-state index is 0.00945. The molecular formula is C28H31F4NO3. The second kappa shape index (κ2) is 12.8. The van der Waals surface area contributed by atoms with Crippen LogP contribution >= 0.6 is 0 Å². The number of hydrogen-bond donors (Lipinski definition) is 0. The Bertz CT molecular complexity index is 1060. The Morgan fingerprint density at radius 2 is 1.44 bits per heavy atom. The molecular weight excluding hydrogens is 474 g/mol. The summed E-state index contributed by atoms with van der Waals surface area (Å²) in [5.74, 6) is -6.46. The molecule has 4 nitrogen and oxygen atoms in total. The number of hydrogen-bond acceptors (Lipinski definition) is 4. The molecule has 0 aromatic heterocycles. The molecule has 0 bridgehead atoms. The van der Waals surface area contributed by atoms with Gasteiger partial charge in [-0.2, -0.15) is 5.26 Å². The molecule has 0 aliphatic heterocycles. The first kappa shape index (κ1) is 27.5. The van der Waals surface area contributed by atoms with Gasteiger partial charge in [0, 0.05) is 24.3 Å². The van der Waals surface area contributed by atoms with Crippen molar-refractivity contribution in [2.24, 2.45) is 11.8 Å². The van der Waals surface area contributed by atoms with Crippen LogP contribution in [-0.2, 0) is 0 Å². The maximum absolute atomic E-state index is 14.9. The fourth-order valence-corrected chi connectivity index (χ4v) is 5.10. The zero-order valence-corrected chi connectivity index (χ0v) is 20.6. The van der Waals surface area contributed by atoms with Gasteiger partial charge in [-0.1, -0.05) is 46.0 Å². The average Bonchev–Trinajstić information content (AvgIpc) is 2.82. The molecule has 1 fully saturated rings. The Balaban J connectivity index is 1.84. The number of esters is 1. The van der Waals surface area contributed by atoms with Crippen LogP contribution in [0.4, 0.5) is 17.6 Å². The molecule has 1 atom stereocenters. The van der Waals surface area contributed by atoms with Crippen molar-refractivity contribution in [1.29, 1.82) is 5.26 Å². The number of carbonyl (C=O) groups is 1. The van der Waals surface area contributed by atoms with Crippen molar-refractivity contribution >= 4 is 5.97 Å². The van der Waals surface area contributed by atoms with Crippen molar-refractivity contribution in [3.05, 3.63) is 58.7 Å². The van der Waals surface area contributed by atoms with Crippen LogP contribution in [0.1, 0.15) is 87.6 Å². The van der Waals surface area contributed by atoms with E-state index in [1.165, 1.54) is 12.5 Å². The summed E-state index contributed by atoms with van der Waals surface area (Å²) in [7, 11) is 0. The Kier molecular flexibility index (Phi) is 9.74. The molecule has 2 aromatic carbocycles. The van der Waals surface area contributed by atoms with Crippen molar-refractivity contribution in [1.82, 2.24) is 0 Å². The Labute approximate surface area is 209 Å². The van der Waals surface area contributed by atoms with Crippen molar-refractivity contribution < 1.29 is 31.8 Å². The van der Waals surface area contributed by atoms with E-state index in [1.807, 2.05) is 0 Å². The lowest BCUT2D eigenvalue weighted by atomic mass is 9.77. The van der Waals surface area contributed by atoms with E-state index in [1.54, 1.807) is 0 Å². The number of ether oxygens (including phenoxy) is 2. The monoisotopic (exact) mass is 505 g/mol. The van der Waals surface area contributed by atoms with E-state index in [-0.39, 0.29) is 17.8 Å². The highest BCUT2D eigenvalue weighted by atomic mass is 19.1. The summed E-state index contributed by atoms with van der Waals surface area (Å²) in [6, 6.07) is 4.44. The van der Waals surface area contributed by atoms with Gasteiger partial charge >= 0.3 is 5.97 Å². The Morgan fingerprint density at radius 1 is 0.917 bits per heavy atom. The van der Waals surface area contributed by atoms with E-state index in [2.05, 4.69) is 13.8 Å². The van der Waals surface area contributed by atoms with Crippen molar-refractivity contribution in [2.45, 2.75) is 77.7 Å². The van der Waals surface area contributed by atoms with Crippen molar-refractivity contribution in [2.75, 3.05) is 0 Å². The van der Waals surface area contributed by atoms with E-state index in [0.717, 1.165) is 63.5 Å². The molecule has 0 saturated heterocycles. The molecule has 3 rings (SSSR count). The third kappa shape index (κ3) is 6.57. The molecule has 8 heteroatoms. The molecule has 0 spiro atoms. The summed E-state index contributed by atoms with van der Waals surface area (Å²) >= 11 is 0. The fraction of sp³-hybridized carbons (Fsp3) is 0.500. The minimum atomic E-state index is -1.46. The van der Waals surface area contributed by atoms with Gasteiger partial charge in [0.2, 0.25) is 0 Å². The lowest BCUT2D eigenvalue weighted by Gasteiger charge is -2.36. The van der Waals surface area contributed by atoms with Crippen LogP contribution in [0.25, 0.3) is 0 Å². The van der Waals surface area contributed by atoms with E-state index in [9.17, 15) is 22.4 Å². The second-order valence-corrected chi connectivity index (χ2v) is 9.34. The number of benzene rings is 2. The fourth-order valence-electron chi connectivity index (χ4n) is 5.10. The number of halogens is 4. The zero-order chi connectivity index (χ0) is 26.2.